The standard InChI is InChI=1S/C49H64N6O9/c1-7-45(60)25-30-26-48(44(59)63-6,38-32(15-20-54(27-30)28-45)31-13-9-10-14-35(31)52-38)34-23-33-36(24-37(34)62-5)53(4)41-47(33)17-21-55-19-11-16-46(8-2,40(47)55)42(57)49(41,61)43(58)51-18-12-22-64-39(56)29(3)50/h9-11,13-14,16,23-24,29-30,40-41,52,60-61H,7-8,12,15,17-22,25-28,50H2,1-6H3,(H,51,58)/p+1/t29?,30?,40?,41?,45?,46-,47?,48+,49+/m1/s1. The van der Waals surface area contributed by atoms with Crippen molar-refractivity contribution < 1.29 is 49.3 Å². The molecule has 1 amide bonds. The molecule has 7 unspecified atom stereocenters. The summed E-state index contributed by atoms with van der Waals surface area (Å²) in [6, 6.07) is 10.1. The number of rotatable bonds is 11. The molecule has 2 bridgehead atoms. The molecule has 6 aliphatic rings. The Morgan fingerprint density at radius 1 is 1.05 bits per heavy atom. The molecule has 3 aromatic rings. The van der Waals surface area contributed by atoms with Gasteiger partial charge in [0.1, 0.15) is 11.2 Å². The third-order valence-electron chi connectivity index (χ3n) is 16.2. The van der Waals surface area contributed by atoms with Gasteiger partial charge in [-0.2, -0.15) is 0 Å². The zero-order valence-electron chi connectivity index (χ0n) is 38.1. The lowest BCUT2D eigenvalue weighted by Crippen LogP contribution is -2.80. The number of quaternary nitrogens is 1. The highest BCUT2D eigenvalue weighted by Gasteiger charge is 2.79. The number of carbonyl (C=O) groups excluding carboxylic acids is 4. The molecule has 15 nitrogen and oxygen atoms in total. The molecule has 2 aromatic carbocycles. The first-order valence-electron chi connectivity index (χ1n) is 23.2. The molecule has 1 aromatic heterocycles. The topological polar surface area (TPSA) is 202 Å². The van der Waals surface area contributed by atoms with Crippen molar-refractivity contribution in [2.24, 2.45) is 11.3 Å². The number of aromatic amines is 1. The molecule has 9 rings (SSSR count). The van der Waals surface area contributed by atoms with Crippen molar-refractivity contribution in [3.05, 3.63) is 70.9 Å². The second-order valence-electron chi connectivity index (χ2n) is 19.6. The fourth-order valence-electron chi connectivity index (χ4n) is 13.5. The quantitative estimate of drug-likeness (QED) is 0.0815. The minimum Gasteiger partial charge on any atom is -0.496 e. The number of ketones is 1. The van der Waals surface area contributed by atoms with Crippen molar-refractivity contribution in [3.8, 4) is 5.75 Å². The van der Waals surface area contributed by atoms with Crippen LogP contribution < -0.4 is 20.7 Å². The molecule has 5 aliphatic heterocycles. The van der Waals surface area contributed by atoms with Crippen molar-refractivity contribution in [2.45, 2.75) is 106 Å². The molecular formula is C49H65N6O9+. The van der Waals surface area contributed by atoms with E-state index in [2.05, 4.69) is 38.0 Å². The monoisotopic (exact) mass is 881 g/mol. The second kappa shape index (κ2) is 16.0. The van der Waals surface area contributed by atoms with Crippen LogP contribution in [0.4, 0.5) is 5.69 Å². The van der Waals surface area contributed by atoms with E-state index < -0.39 is 69.2 Å². The Balaban J connectivity index is 1.26. The Morgan fingerprint density at radius 3 is 2.55 bits per heavy atom. The number of aliphatic hydroxyl groups is 2. The molecule has 3 fully saturated rings. The van der Waals surface area contributed by atoms with Gasteiger partial charge in [-0.15, -0.1) is 0 Å². The number of Topliss-reactive ketones (excluding diaryl/α,β-unsaturated/α-hetero) is 1. The number of para-hydroxylation sites is 1. The summed E-state index contributed by atoms with van der Waals surface area (Å²) in [6.07, 6.45) is 7.06. The number of aromatic nitrogens is 1. The molecule has 1 spiro atoms. The van der Waals surface area contributed by atoms with Crippen LogP contribution in [0.25, 0.3) is 10.9 Å². The van der Waals surface area contributed by atoms with E-state index in [0.717, 1.165) is 27.7 Å². The number of benzene rings is 2. The molecule has 2 saturated heterocycles. The van der Waals surface area contributed by atoms with E-state index in [1.807, 2.05) is 62.2 Å². The van der Waals surface area contributed by atoms with Crippen LogP contribution in [0.1, 0.15) is 81.7 Å². The number of amides is 1. The number of nitrogens with one attached hydrogen (secondary N) is 2. The summed E-state index contributed by atoms with van der Waals surface area (Å²) in [6.45, 7) is 8.86. The third-order valence-corrected chi connectivity index (χ3v) is 16.2. The van der Waals surface area contributed by atoms with Gasteiger partial charge < -0.3 is 45.4 Å². The average molecular weight is 882 g/mol. The van der Waals surface area contributed by atoms with E-state index in [0.29, 0.717) is 88.2 Å². The van der Waals surface area contributed by atoms with Crippen molar-refractivity contribution in [1.82, 2.24) is 20.1 Å². The highest BCUT2D eigenvalue weighted by Crippen LogP contribution is 2.66. The maximum atomic E-state index is 15.4. The first kappa shape index (κ1) is 44.4. The van der Waals surface area contributed by atoms with Crippen molar-refractivity contribution in [3.63, 3.8) is 0 Å². The van der Waals surface area contributed by atoms with Gasteiger partial charge in [0.2, 0.25) is 5.60 Å². The molecule has 0 radical (unpaired) electrons. The van der Waals surface area contributed by atoms with Crippen LogP contribution in [-0.2, 0) is 45.9 Å². The smallest absolute Gasteiger partial charge is 0.364 e. The first-order chi connectivity index (χ1) is 30.6. The number of carbonyl (C=O) groups is 4. The summed E-state index contributed by atoms with van der Waals surface area (Å²) >= 11 is 0. The van der Waals surface area contributed by atoms with Gasteiger partial charge >= 0.3 is 11.9 Å². The van der Waals surface area contributed by atoms with Gasteiger partial charge in [0.05, 0.1) is 37.9 Å². The minimum atomic E-state index is -2.51. The fraction of sp³-hybridized carbons (Fsp3) is 0.592. The number of likely N-dealkylation sites (N-methyl/N-ethyl adjacent to an activating group) is 1. The Morgan fingerprint density at radius 2 is 1.83 bits per heavy atom. The van der Waals surface area contributed by atoms with Crippen LogP contribution in [-0.4, -0.2) is 145 Å². The number of piperidine rings is 1. The van der Waals surface area contributed by atoms with Gasteiger partial charge in [-0.25, -0.2) is 4.79 Å². The maximum Gasteiger partial charge on any atom is 0.364 e. The van der Waals surface area contributed by atoms with Gasteiger partial charge in [-0.3, -0.25) is 24.2 Å². The summed E-state index contributed by atoms with van der Waals surface area (Å²) in [5.41, 5.74) is 1.36. The molecular weight excluding hydrogens is 817 g/mol. The van der Waals surface area contributed by atoms with Crippen molar-refractivity contribution in [1.29, 1.82) is 0 Å². The van der Waals surface area contributed by atoms with Crippen molar-refractivity contribution >= 4 is 40.2 Å². The number of nitrogens with zero attached hydrogens (tertiary/aromatic N) is 3. The minimum absolute atomic E-state index is 0.0436. The van der Waals surface area contributed by atoms with Crippen LogP contribution >= 0.6 is 0 Å². The Labute approximate surface area is 374 Å². The highest BCUT2D eigenvalue weighted by molar-refractivity contribution is 6.16. The average Bonchev–Trinajstić information content (AvgIpc) is 3.95. The number of esters is 2. The number of fused-ring (bicyclic) bond motifs is 6. The molecule has 6 heterocycles. The normalized spacial score (nSPS) is 34.4. The highest BCUT2D eigenvalue weighted by atomic mass is 16.5. The molecule has 10 atom stereocenters. The molecule has 344 valence electrons. The van der Waals surface area contributed by atoms with Crippen LogP contribution in [0.5, 0.6) is 5.75 Å². The van der Waals surface area contributed by atoms with Crippen LogP contribution in [0.15, 0.2) is 48.6 Å². The van der Waals surface area contributed by atoms with Gasteiger partial charge in [-0.1, -0.05) is 44.2 Å². The summed E-state index contributed by atoms with van der Waals surface area (Å²) < 4.78 is 17.6. The molecule has 15 heteroatoms. The predicted octanol–water partition coefficient (Wildman–Crippen LogP) is 2.14. The molecule has 7 N–H and O–H groups in total. The van der Waals surface area contributed by atoms with Gasteiger partial charge in [0.25, 0.3) is 5.91 Å². The van der Waals surface area contributed by atoms with E-state index in [1.54, 1.807) is 14.0 Å². The number of anilines is 1. The molecule has 64 heavy (non-hydrogen) atoms. The lowest BCUT2D eigenvalue weighted by molar-refractivity contribution is -0.402. The number of hydrogen-bond donors (Lipinski definition) is 5. The number of ether oxygens (including phenoxy) is 3. The first-order valence-corrected chi connectivity index (χ1v) is 23.2. The molecule has 1 saturated carbocycles. The Kier molecular flexibility index (Phi) is 11.1. The Bertz CT molecular complexity index is 2420. The van der Waals surface area contributed by atoms with E-state index in [4.69, 9.17) is 14.2 Å². The van der Waals surface area contributed by atoms with E-state index in [9.17, 15) is 19.8 Å². The number of H-pyrrole nitrogens is 1. The maximum absolute atomic E-state index is 15.4. The van der Waals surface area contributed by atoms with Crippen LogP contribution in [0, 0.1) is 11.3 Å². The van der Waals surface area contributed by atoms with E-state index >= 15 is 9.59 Å². The summed E-state index contributed by atoms with van der Waals surface area (Å²) in [5.74, 6) is -1.95. The summed E-state index contributed by atoms with van der Waals surface area (Å²) in [7, 11) is 4.84. The van der Waals surface area contributed by atoms with Gasteiger partial charge in [0.15, 0.2) is 11.8 Å². The van der Waals surface area contributed by atoms with Crippen molar-refractivity contribution in [2.75, 3.05) is 72.0 Å². The Hall–Kier alpha value is -4.80. The molecule has 1 aliphatic carbocycles. The zero-order chi connectivity index (χ0) is 45.6. The second-order valence-corrected chi connectivity index (χ2v) is 19.6. The van der Waals surface area contributed by atoms with Crippen LogP contribution in [0.2, 0.25) is 0 Å². The summed E-state index contributed by atoms with van der Waals surface area (Å²) in [5, 5.41) is 29.2. The third kappa shape index (κ3) is 6.16. The largest absolute Gasteiger partial charge is 0.496 e. The van der Waals surface area contributed by atoms with Crippen LogP contribution in [0.3, 0.4) is 0 Å². The van der Waals surface area contributed by atoms with E-state index in [1.165, 1.54) is 7.11 Å². The fourth-order valence-corrected chi connectivity index (χ4v) is 13.5. The van der Waals surface area contributed by atoms with Gasteiger partial charge in [-0.05, 0) is 87.6 Å². The van der Waals surface area contributed by atoms with Gasteiger partial charge in [0, 0.05) is 85.1 Å². The lowest BCUT2D eigenvalue weighted by Gasteiger charge is -2.59. The zero-order valence-corrected chi connectivity index (χ0v) is 38.1. The van der Waals surface area contributed by atoms with E-state index in [-0.39, 0.29) is 25.5 Å². The SMILES string of the molecule is CCC1(O)CC2CN(CCc3c([nH]c4ccccc34)[C@@](C(=O)OC)(c3cc4c(cc3OC)N(C)C3C45CCN4CC=C[C@@](CC)(C(=O)[C@]3(O)C(=O)NCCCOC(=O)C(C)[NH3+])C45)C2)C1. The predicted molar refractivity (Wildman–Crippen MR) is 239 cm³/mol. The number of hydrogen-bond acceptors (Lipinski definition) is 12. The lowest BCUT2D eigenvalue weighted by atomic mass is 9.48. The summed E-state index contributed by atoms with van der Waals surface area (Å²) in [4.78, 5) is 68.0. The number of methoxy groups -OCH3 is 2.